The molecule has 0 saturated heterocycles. The van der Waals surface area contributed by atoms with Crippen molar-refractivity contribution in [2.45, 2.75) is 6.92 Å². The van der Waals surface area contributed by atoms with Crippen LogP contribution < -0.4 is 0 Å². The number of hydrogen-bond acceptors (Lipinski definition) is 1. The van der Waals surface area contributed by atoms with E-state index in [1.165, 1.54) is 6.34 Å². The van der Waals surface area contributed by atoms with Gasteiger partial charge in [-0.25, -0.2) is 9.98 Å². The molecule has 0 N–H and O–H groups in total. The fraction of sp³-hybridized carbons (Fsp3) is 0.0667. The smallest absolute Gasteiger partial charge is 0.116 e. The van der Waals surface area contributed by atoms with Crippen molar-refractivity contribution in [3.63, 3.8) is 0 Å². The second-order valence-electron chi connectivity index (χ2n) is 3.56. The predicted molar refractivity (Wildman–Crippen MR) is 76.5 cm³/mol. The number of aryl methyl sites for hydroxylation is 1. The zero-order valence-corrected chi connectivity index (χ0v) is 10.1. The van der Waals surface area contributed by atoms with Gasteiger partial charge < -0.3 is 0 Å². The molecule has 0 radical (unpaired) electrons. The van der Waals surface area contributed by atoms with Gasteiger partial charge in [0.05, 0.1) is 5.70 Å². The van der Waals surface area contributed by atoms with Crippen LogP contribution in [-0.4, -0.2) is 12.6 Å². The summed E-state index contributed by atoms with van der Waals surface area (Å²) in [6.45, 7) is 13.2. The first-order valence-electron chi connectivity index (χ1n) is 5.27. The maximum absolute atomic E-state index is 4.17. The molecule has 0 spiro atoms. The molecule has 1 aromatic rings. The third-order valence-electron chi connectivity index (χ3n) is 2.24. The van der Waals surface area contributed by atoms with Crippen LogP contribution in [0.15, 0.2) is 65.6 Å². The van der Waals surface area contributed by atoms with Crippen LogP contribution in [0.25, 0.3) is 5.70 Å². The van der Waals surface area contributed by atoms with Crippen molar-refractivity contribution >= 4 is 18.3 Å². The lowest BCUT2D eigenvalue weighted by Crippen LogP contribution is -1.85. The zero-order chi connectivity index (χ0) is 12.7. The van der Waals surface area contributed by atoms with Crippen molar-refractivity contribution in [3.05, 3.63) is 66.8 Å². The summed E-state index contributed by atoms with van der Waals surface area (Å²) in [6.07, 6.45) is 4.69. The minimum atomic E-state index is 0.699. The van der Waals surface area contributed by atoms with Crippen LogP contribution in [-0.2, 0) is 0 Å². The molecule has 0 heterocycles. The monoisotopic (exact) mass is 224 g/mol. The van der Waals surface area contributed by atoms with E-state index in [1.54, 1.807) is 12.3 Å². The third kappa shape index (κ3) is 4.03. The van der Waals surface area contributed by atoms with Crippen LogP contribution in [0.4, 0.5) is 0 Å². The maximum Gasteiger partial charge on any atom is 0.116 e. The second-order valence-corrected chi connectivity index (χ2v) is 3.56. The second kappa shape index (κ2) is 6.38. The average Bonchev–Trinajstić information content (AvgIpc) is 2.34. The van der Waals surface area contributed by atoms with Crippen molar-refractivity contribution in [1.29, 1.82) is 0 Å². The molecule has 0 amide bonds. The van der Waals surface area contributed by atoms with E-state index in [-0.39, 0.29) is 0 Å². The predicted octanol–water partition coefficient (Wildman–Crippen LogP) is 3.81. The van der Waals surface area contributed by atoms with Crippen LogP contribution in [0.1, 0.15) is 11.1 Å². The van der Waals surface area contributed by atoms with E-state index in [0.717, 1.165) is 16.7 Å². The van der Waals surface area contributed by atoms with E-state index in [4.69, 9.17) is 0 Å². The van der Waals surface area contributed by atoms with Crippen molar-refractivity contribution in [3.8, 4) is 0 Å². The van der Waals surface area contributed by atoms with E-state index < -0.39 is 0 Å². The van der Waals surface area contributed by atoms with Gasteiger partial charge in [-0.05, 0) is 18.1 Å². The molecule has 1 aromatic carbocycles. The van der Waals surface area contributed by atoms with Gasteiger partial charge in [-0.2, -0.15) is 0 Å². The summed E-state index contributed by atoms with van der Waals surface area (Å²) in [7, 11) is 0. The van der Waals surface area contributed by atoms with Gasteiger partial charge in [0.2, 0.25) is 0 Å². The summed E-state index contributed by atoms with van der Waals surface area (Å²) in [5, 5.41) is 0. The summed E-state index contributed by atoms with van der Waals surface area (Å²) >= 11 is 0. The summed E-state index contributed by atoms with van der Waals surface area (Å²) in [4.78, 5) is 8.16. The molecule has 1 rings (SSSR count). The van der Waals surface area contributed by atoms with E-state index in [9.17, 15) is 0 Å². The Hall–Kier alpha value is -2.22. The highest BCUT2D eigenvalue weighted by Crippen LogP contribution is 2.17. The molecule has 0 aliphatic heterocycles. The molecule has 0 saturated carbocycles. The largest absolute Gasteiger partial charge is 0.244 e. The summed E-state index contributed by atoms with van der Waals surface area (Å²) in [6, 6.07) is 7.97. The number of hydrogen-bond donors (Lipinski definition) is 0. The van der Waals surface area contributed by atoms with Crippen LogP contribution in [0.3, 0.4) is 0 Å². The normalized spacial score (nSPS) is 10.9. The Balaban J connectivity index is 2.71. The quantitative estimate of drug-likeness (QED) is 0.413. The van der Waals surface area contributed by atoms with Crippen LogP contribution in [0.5, 0.6) is 0 Å². The SMILES string of the molecule is C=CC(=C)/C=N\C=N/C(=C)c1ccccc1C. The fourth-order valence-corrected chi connectivity index (χ4v) is 1.25. The van der Waals surface area contributed by atoms with E-state index >= 15 is 0 Å². The number of rotatable bonds is 5. The Morgan fingerprint density at radius 2 is 1.94 bits per heavy atom. The van der Waals surface area contributed by atoms with E-state index in [0.29, 0.717) is 5.70 Å². The van der Waals surface area contributed by atoms with Crippen LogP contribution in [0.2, 0.25) is 0 Å². The summed E-state index contributed by atoms with van der Waals surface area (Å²) < 4.78 is 0. The van der Waals surface area contributed by atoms with Gasteiger partial charge in [0.25, 0.3) is 0 Å². The lowest BCUT2D eigenvalue weighted by molar-refractivity contribution is 1.39. The number of aliphatic imine (C=N–C) groups is 2. The van der Waals surface area contributed by atoms with Crippen molar-refractivity contribution in [2.24, 2.45) is 9.98 Å². The van der Waals surface area contributed by atoms with Gasteiger partial charge in [0.1, 0.15) is 6.34 Å². The Morgan fingerprint density at radius 3 is 2.59 bits per heavy atom. The molecule has 2 heteroatoms. The minimum Gasteiger partial charge on any atom is -0.244 e. The van der Waals surface area contributed by atoms with Crippen molar-refractivity contribution in [2.75, 3.05) is 0 Å². The molecule has 0 atom stereocenters. The first-order valence-corrected chi connectivity index (χ1v) is 5.27. The van der Waals surface area contributed by atoms with Crippen molar-refractivity contribution in [1.82, 2.24) is 0 Å². The minimum absolute atomic E-state index is 0.699. The highest BCUT2D eigenvalue weighted by molar-refractivity contribution is 5.88. The Labute approximate surface area is 102 Å². The van der Waals surface area contributed by atoms with Gasteiger partial charge in [-0.15, -0.1) is 0 Å². The molecule has 0 aliphatic rings. The van der Waals surface area contributed by atoms with E-state index in [1.807, 2.05) is 31.2 Å². The molecule has 0 fully saturated rings. The standard InChI is InChI=1S/C15H16N2/c1-5-12(2)10-16-11-17-14(4)15-9-7-6-8-13(15)3/h5-11H,1-2,4H2,3H3/b16-10-,17-11-. The zero-order valence-electron chi connectivity index (χ0n) is 10.1. The summed E-state index contributed by atoms with van der Waals surface area (Å²) in [5.74, 6) is 0. The maximum atomic E-state index is 4.17. The Bertz CT molecular complexity index is 493. The summed E-state index contributed by atoms with van der Waals surface area (Å²) in [5.41, 5.74) is 3.62. The topological polar surface area (TPSA) is 24.7 Å². The average molecular weight is 224 g/mol. The molecular formula is C15H16N2. The lowest BCUT2D eigenvalue weighted by Gasteiger charge is -2.02. The Kier molecular flexibility index (Phi) is 4.82. The molecule has 0 aromatic heterocycles. The van der Waals surface area contributed by atoms with Gasteiger partial charge in [0, 0.05) is 11.8 Å². The molecule has 0 bridgehead atoms. The Morgan fingerprint density at radius 1 is 1.24 bits per heavy atom. The fourth-order valence-electron chi connectivity index (χ4n) is 1.25. The van der Waals surface area contributed by atoms with Gasteiger partial charge in [0.15, 0.2) is 0 Å². The first-order chi connectivity index (χ1) is 8.15. The highest BCUT2D eigenvalue weighted by Gasteiger charge is 1.98. The van der Waals surface area contributed by atoms with Crippen LogP contribution >= 0.6 is 0 Å². The molecule has 0 aliphatic carbocycles. The molecule has 2 nitrogen and oxygen atoms in total. The number of nitrogens with zero attached hydrogens (tertiary/aromatic N) is 2. The van der Waals surface area contributed by atoms with Gasteiger partial charge >= 0.3 is 0 Å². The molecule has 17 heavy (non-hydrogen) atoms. The van der Waals surface area contributed by atoms with Crippen molar-refractivity contribution < 1.29 is 0 Å². The molecular weight excluding hydrogens is 208 g/mol. The molecule has 86 valence electrons. The highest BCUT2D eigenvalue weighted by atomic mass is 14.9. The molecule has 0 unspecified atom stereocenters. The number of benzene rings is 1. The lowest BCUT2D eigenvalue weighted by atomic mass is 10.1. The number of allylic oxidation sites excluding steroid dienone is 2. The van der Waals surface area contributed by atoms with Gasteiger partial charge in [-0.3, -0.25) is 0 Å². The first kappa shape index (κ1) is 12.8. The van der Waals surface area contributed by atoms with Crippen LogP contribution in [0, 0.1) is 6.92 Å². The third-order valence-corrected chi connectivity index (χ3v) is 2.24. The van der Waals surface area contributed by atoms with E-state index in [2.05, 4.69) is 29.7 Å². The van der Waals surface area contributed by atoms with Gasteiger partial charge in [-0.1, -0.05) is 50.1 Å².